The number of nitrogens with two attached hydrogens (primary N) is 1. The summed E-state index contributed by atoms with van der Waals surface area (Å²) in [6.07, 6.45) is 3.35. The highest BCUT2D eigenvalue weighted by Crippen LogP contribution is 2.32. The molecule has 0 amide bonds. The van der Waals surface area contributed by atoms with E-state index in [0.717, 1.165) is 43.2 Å². The minimum atomic E-state index is 0.00834. The number of hydrogen-bond acceptors (Lipinski definition) is 4. The fraction of sp³-hybridized carbons (Fsp3) is 0.625. The van der Waals surface area contributed by atoms with Gasteiger partial charge in [0.15, 0.2) is 11.5 Å². The summed E-state index contributed by atoms with van der Waals surface area (Å²) in [5, 5.41) is 0. The molecule has 0 bridgehead atoms. The Balaban J connectivity index is 1.99. The molecule has 4 nitrogen and oxygen atoms in total. The largest absolute Gasteiger partial charge is 0.490 e. The molecule has 0 aromatic heterocycles. The third-order valence-corrected chi connectivity index (χ3v) is 3.60. The van der Waals surface area contributed by atoms with Crippen LogP contribution in [0.3, 0.4) is 0 Å². The molecular weight excluding hydrogens is 252 g/mol. The maximum absolute atomic E-state index is 6.30. The zero-order valence-corrected chi connectivity index (χ0v) is 12.6. The zero-order valence-electron chi connectivity index (χ0n) is 12.6. The third kappa shape index (κ3) is 4.12. The van der Waals surface area contributed by atoms with Crippen LogP contribution < -0.4 is 15.2 Å². The smallest absolute Gasteiger partial charge is 0.161 e. The van der Waals surface area contributed by atoms with Gasteiger partial charge in [0.2, 0.25) is 0 Å². The van der Waals surface area contributed by atoms with Crippen molar-refractivity contribution in [1.29, 1.82) is 0 Å². The first kappa shape index (κ1) is 15.1. The highest BCUT2D eigenvalue weighted by molar-refractivity contribution is 5.44. The lowest BCUT2D eigenvalue weighted by Gasteiger charge is -2.22. The molecule has 4 heteroatoms. The maximum Gasteiger partial charge on any atom is 0.161 e. The van der Waals surface area contributed by atoms with Gasteiger partial charge in [0.1, 0.15) is 0 Å². The van der Waals surface area contributed by atoms with Gasteiger partial charge in [-0.2, -0.15) is 0 Å². The summed E-state index contributed by atoms with van der Waals surface area (Å²) in [6, 6.07) is 6.06. The second-order valence-electron chi connectivity index (χ2n) is 5.48. The Hall–Kier alpha value is -1.26. The number of benzene rings is 1. The summed E-state index contributed by atoms with van der Waals surface area (Å²) in [5.41, 5.74) is 7.41. The number of hydrogen-bond donors (Lipinski definition) is 1. The quantitative estimate of drug-likeness (QED) is 0.869. The summed E-state index contributed by atoms with van der Waals surface area (Å²) in [4.78, 5) is 2.29. The first-order chi connectivity index (χ1) is 9.70. The Kier molecular flexibility index (Phi) is 5.68. The molecule has 1 aromatic carbocycles. The van der Waals surface area contributed by atoms with Crippen molar-refractivity contribution in [2.75, 3.05) is 33.4 Å². The van der Waals surface area contributed by atoms with Crippen LogP contribution >= 0.6 is 0 Å². The molecule has 2 N–H and O–H groups in total. The Morgan fingerprint density at radius 2 is 2.00 bits per heavy atom. The van der Waals surface area contributed by atoms with Crippen LogP contribution in [-0.2, 0) is 0 Å². The van der Waals surface area contributed by atoms with E-state index in [1.807, 2.05) is 18.2 Å². The molecule has 2 rings (SSSR count). The number of likely N-dealkylation sites (N-methyl/N-ethyl adjacent to an activating group) is 1. The van der Waals surface area contributed by atoms with Crippen LogP contribution in [0.4, 0.5) is 0 Å². The van der Waals surface area contributed by atoms with E-state index in [2.05, 4.69) is 18.9 Å². The van der Waals surface area contributed by atoms with Crippen LogP contribution in [0.5, 0.6) is 11.5 Å². The molecule has 1 aliphatic heterocycles. The molecule has 20 heavy (non-hydrogen) atoms. The van der Waals surface area contributed by atoms with Crippen LogP contribution in [0.1, 0.15) is 37.8 Å². The Morgan fingerprint density at radius 1 is 1.25 bits per heavy atom. The van der Waals surface area contributed by atoms with Crippen LogP contribution in [0, 0.1) is 0 Å². The van der Waals surface area contributed by atoms with Gasteiger partial charge in [0, 0.05) is 19.0 Å². The minimum absolute atomic E-state index is 0.00834. The van der Waals surface area contributed by atoms with Gasteiger partial charge < -0.3 is 20.1 Å². The molecule has 1 atom stereocenters. The number of rotatable bonds is 6. The molecule has 1 aromatic rings. The molecule has 0 spiro atoms. The van der Waals surface area contributed by atoms with Crippen molar-refractivity contribution in [1.82, 2.24) is 4.90 Å². The van der Waals surface area contributed by atoms with E-state index in [4.69, 9.17) is 15.2 Å². The molecule has 0 saturated heterocycles. The van der Waals surface area contributed by atoms with E-state index in [1.54, 1.807) is 0 Å². The predicted molar refractivity (Wildman–Crippen MR) is 81.4 cm³/mol. The summed E-state index contributed by atoms with van der Waals surface area (Å²) in [7, 11) is 2.12. The predicted octanol–water partition coefficient (Wildman–Crippen LogP) is 2.58. The third-order valence-electron chi connectivity index (χ3n) is 3.60. The number of fused-ring (bicyclic) bond motifs is 1. The first-order valence-corrected chi connectivity index (χ1v) is 7.54. The topological polar surface area (TPSA) is 47.7 Å². The normalized spacial score (nSPS) is 16.0. The van der Waals surface area contributed by atoms with Gasteiger partial charge in [-0.25, -0.2) is 0 Å². The highest BCUT2D eigenvalue weighted by Gasteiger charge is 2.15. The zero-order chi connectivity index (χ0) is 14.4. The lowest BCUT2D eigenvalue weighted by atomic mass is 10.1. The molecule has 0 saturated carbocycles. The monoisotopic (exact) mass is 278 g/mol. The van der Waals surface area contributed by atoms with E-state index in [0.29, 0.717) is 6.61 Å². The van der Waals surface area contributed by atoms with Gasteiger partial charge in [0.25, 0.3) is 0 Å². The van der Waals surface area contributed by atoms with Crippen molar-refractivity contribution in [2.24, 2.45) is 5.73 Å². The van der Waals surface area contributed by atoms with Crippen molar-refractivity contribution < 1.29 is 9.47 Å². The van der Waals surface area contributed by atoms with E-state index in [-0.39, 0.29) is 6.04 Å². The number of unbranched alkanes of at least 4 members (excludes halogenated alkanes) is 1. The summed E-state index contributed by atoms with van der Waals surface area (Å²) in [5.74, 6) is 1.66. The van der Waals surface area contributed by atoms with Gasteiger partial charge in [-0.1, -0.05) is 19.4 Å². The van der Waals surface area contributed by atoms with Gasteiger partial charge in [0.05, 0.1) is 13.2 Å². The lowest BCUT2D eigenvalue weighted by molar-refractivity contribution is 0.296. The lowest BCUT2D eigenvalue weighted by Crippen LogP contribution is -2.29. The average Bonchev–Trinajstić information content (AvgIpc) is 2.69. The first-order valence-electron chi connectivity index (χ1n) is 7.54. The van der Waals surface area contributed by atoms with E-state index in [9.17, 15) is 0 Å². The van der Waals surface area contributed by atoms with Crippen LogP contribution in [0.25, 0.3) is 0 Å². The second-order valence-corrected chi connectivity index (χ2v) is 5.48. The number of nitrogens with zero attached hydrogens (tertiary/aromatic N) is 1. The van der Waals surface area contributed by atoms with Crippen molar-refractivity contribution in [3.05, 3.63) is 23.8 Å². The standard InChI is InChI=1S/C16H26N2O2/c1-3-4-8-18(2)12-14(17)13-6-7-15-16(11-13)20-10-5-9-19-15/h6-7,11,14H,3-5,8-10,12,17H2,1-2H3. The Bertz CT molecular complexity index is 423. The van der Waals surface area contributed by atoms with Crippen LogP contribution in [0.2, 0.25) is 0 Å². The molecule has 1 unspecified atom stereocenters. The molecule has 0 aliphatic carbocycles. The fourth-order valence-corrected chi connectivity index (χ4v) is 2.37. The molecule has 1 heterocycles. The maximum atomic E-state index is 6.30. The van der Waals surface area contributed by atoms with Crippen LogP contribution in [0.15, 0.2) is 18.2 Å². The average molecular weight is 278 g/mol. The molecular formula is C16H26N2O2. The summed E-state index contributed by atoms with van der Waals surface area (Å²) in [6.45, 7) is 5.59. The van der Waals surface area contributed by atoms with Gasteiger partial charge >= 0.3 is 0 Å². The van der Waals surface area contributed by atoms with E-state index >= 15 is 0 Å². The molecule has 1 aliphatic rings. The highest BCUT2D eigenvalue weighted by atomic mass is 16.5. The van der Waals surface area contributed by atoms with Crippen molar-refractivity contribution >= 4 is 0 Å². The fourth-order valence-electron chi connectivity index (χ4n) is 2.37. The minimum Gasteiger partial charge on any atom is -0.490 e. The SMILES string of the molecule is CCCCN(C)CC(N)c1ccc2c(c1)OCCCO2. The van der Waals surface area contributed by atoms with Crippen molar-refractivity contribution in [3.8, 4) is 11.5 Å². The Morgan fingerprint density at radius 3 is 2.75 bits per heavy atom. The molecule has 0 fully saturated rings. The van der Waals surface area contributed by atoms with Gasteiger partial charge in [-0.15, -0.1) is 0 Å². The van der Waals surface area contributed by atoms with E-state index < -0.39 is 0 Å². The van der Waals surface area contributed by atoms with Gasteiger partial charge in [-0.3, -0.25) is 0 Å². The summed E-state index contributed by atoms with van der Waals surface area (Å²) < 4.78 is 11.4. The number of ether oxygens (including phenoxy) is 2. The Labute approximate surface area is 121 Å². The van der Waals surface area contributed by atoms with Gasteiger partial charge in [-0.05, 0) is 37.7 Å². The summed E-state index contributed by atoms with van der Waals surface area (Å²) >= 11 is 0. The van der Waals surface area contributed by atoms with Crippen molar-refractivity contribution in [2.45, 2.75) is 32.2 Å². The van der Waals surface area contributed by atoms with Crippen molar-refractivity contribution in [3.63, 3.8) is 0 Å². The molecule has 112 valence electrons. The second kappa shape index (κ2) is 7.50. The molecule has 0 radical (unpaired) electrons. The van der Waals surface area contributed by atoms with Crippen LogP contribution in [-0.4, -0.2) is 38.3 Å². The van der Waals surface area contributed by atoms with E-state index in [1.165, 1.54) is 12.8 Å².